The zero-order valence-corrected chi connectivity index (χ0v) is 8.47. The monoisotopic (exact) mass is 199 g/mol. The first kappa shape index (κ1) is 10.4. The van der Waals surface area contributed by atoms with E-state index in [2.05, 4.69) is 0 Å². The van der Waals surface area contributed by atoms with Gasteiger partial charge < -0.3 is 10.5 Å². The highest BCUT2D eigenvalue weighted by atomic mass is 35.5. The van der Waals surface area contributed by atoms with Crippen molar-refractivity contribution in [1.82, 2.24) is 0 Å². The van der Waals surface area contributed by atoms with Gasteiger partial charge in [0.05, 0.1) is 11.6 Å². The Bertz CT molecular complexity index is 276. The molecule has 0 spiro atoms. The van der Waals surface area contributed by atoms with E-state index in [0.717, 1.165) is 17.7 Å². The van der Waals surface area contributed by atoms with E-state index in [4.69, 9.17) is 22.1 Å². The van der Waals surface area contributed by atoms with Gasteiger partial charge in [0.1, 0.15) is 5.75 Å². The molecule has 0 atom stereocenters. The summed E-state index contributed by atoms with van der Waals surface area (Å²) in [6.45, 7) is 3.21. The third kappa shape index (κ3) is 2.90. The van der Waals surface area contributed by atoms with Gasteiger partial charge in [-0.2, -0.15) is 0 Å². The summed E-state index contributed by atoms with van der Waals surface area (Å²) >= 11 is 5.92. The number of halogens is 1. The fourth-order valence-corrected chi connectivity index (χ4v) is 1.31. The second-order valence-electron chi connectivity index (χ2n) is 2.74. The standard InChI is InChI=1S/C10H14ClNO/c1-2-13-10-7-8(5-6-12)3-4-9(10)11/h3-4,7H,2,5-6,12H2,1H3. The Morgan fingerprint density at radius 2 is 2.23 bits per heavy atom. The van der Waals surface area contributed by atoms with Gasteiger partial charge >= 0.3 is 0 Å². The summed E-state index contributed by atoms with van der Waals surface area (Å²) < 4.78 is 5.35. The number of hydrogen-bond donors (Lipinski definition) is 1. The third-order valence-corrected chi connectivity index (χ3v) is 2.04. The highest BCUT2D eigenvalue weighted by Gasteiger charge is 2.01. The van der Waals surface area contributed by atoms with Crippen molar-refractivity contribution < 1.29 is 4.74 Å². The molecular weight excluding hydrogens is 186 g/mol. The van der Waals surface area contributed by atoms with E-state index in [1.54, 1.807) is 0 Å². The third-order valence-electron chi connectivity index (χ3n) is 1.73. The van der Waals surface area contributed by atoms with Crippen LogP contribution >= 0.6 is 11.6 Å². The second kappa shape index (κ2) is 5.10. The molecule has 3 heteroatoms. The Labute approximate surface area is 83.6 Å². The lowest BCUT2D eigenvalue weighted by molar-refractivity contribution is 0.340. The topological polar surface area (TPSA) is 35.2 Å². The van der Waals surface area contributed by atoms with E-state index in [0.29, 0.717) is 18.2 Å². The van der Waals surface area contributed by atoms with Crippen LogP contribution in [-0.4, -0.2) is 13.2 Å². The van der Waals surface area contributed by atoms with E-state index in [9.17, 15) is 0 Å². The average Bonchev–Trinajstić information content (AvgIpc) is 2.12. The molecule has 0 fully saturated rings. The van der Waals surface area contributed by atoms with Crippen LogP contribution in [-0.2, 0) is 6.42 Å². The quantitative estimate of drug-likeness (QED) is 0.808. The average molecular weight is 200 g/mol. The van der Waals surface area contributed by atoms with Crippen molar-refractivity contribution in [3.63, 3.8) is 0 Å². The van der Waals surface area contributed by atoms with Crippen LogP contribution in [0.5, 0.6) is 5.75 Å². The largest absolute Gasteiger partial charge is 0.492 e. The molecule has 0 aliphatic heterocycles. The van der Waals surface area contributed by atoms with Gasteiger partial charge in [-0.25, -0.2) is 0 Å². The molecule has 0 radical (unpaired) electrons. The van der Waals surface area contributed by atoms with E-state index in [1.165, 1.54) is 0 Å². The summed E-state index contributed by atoms with van der Waals surface area (Å²) in [5.41, 5.74) is 6.61. The first-order chi connectivity index (χ1) is 6.27. The molecule has 0 heterocycles. The predicted molar refractivity (Wildman–Crippen MR) is 55.4 cm³/mol. The molecule has 72 valence electrons. The van der Waals surface area contributed by atoms with Crippen LogP contribution in [0, 0.1) is 0 Å². The Balaban J connectivity index is 2.83. The van der Waals surface area contributed by atoms with Crippen LogP contribution in [0.15, 0.2) is 18.2 Å². The summed E-state index contributed by atoms with van der Waals surface area (Å²) in [4.78, 5) is 0. The Kier molecular flexibility index (Phi) is 4.06. The van der Waals surface area contributed by atoms with Crippen molar-refractivity contribution in [1.29, 1.82) is 0 Å². The molecule has 0 aliphatic carbocycles. The maximum absolute atomic E-state index is 5.92. The molecule has 0 aliphatic rings. The molecule has 0 amide bonds. The summed E-state index contributed by atoms with van der Waals surface area (Å²) in [6, 6.07) is 5.76. The second-order valence-corrected chi connectivity index (χ2v) is 3.14. The van der Waals surface area contributed by atoms with E-state index in [-0.39, 0.29) is 0 Å². The molecule has 0 saturated heterocycles. The van der Waals surface area contributed by atoms with E-state index < -0.39 is 0 Å². The molecule has 2 nitrogen and oxygen atoms in total. The smallest absolute Gasteiger partial charge is 0.138 e. The van der Waals surface area contributed by atoms with Crippen molar-refractivity contribution in [2.45, 2.75) is 13.3 Å². The van der Waals surface area contributed by atoms with Crippen LogP contribution in [0.2, 0.25) is 5.02 Å². The van der Waals surface area contributed by atoms with Crippen molar-refractivity contribution >= 4 is 11.6 Å². The van der Waals surface area contributed by atoms with Gasteiger partial charge in [0, 0.05) is 0 Å². The van der Waals surface area contributed by atoms with Gasteiger partial charge in [0.15, 0.2) is 0 Å². The van der Waals surface area contributed by atoms with Crippen LogP contribution in [0.3, 0.4) is 0 Å². The SMILES string of the molecule is CCOc1cc(CCN)ccc1Cl. The lowest BCUT2D eigenvalue weighted by atomic mass is 10.1. The minimum atomic E-state index is 0.631. The molecule has 1 aromatic carbocycles. The summed E-state index contributed by atoms with van der Waals surface area (Å²) in [5, 5.41) is 0.655. The molecule has 0 saturated carbocycles. The van der Waals surface area contributed by atoms with Gasteiger partial charge in [-0.15, -0.1) is 0 Å². The first-order valence-electron chi connectivity index (χ1n) is 4.39. The Morgan fingerprint density at radius 1 is 1.46 bits per heavy atom. The number of hydrogen-bond acceptors (Lipinski definition) is 2. The zero-order chi connectivity index (χ0) is 9.68. The van der Waals surface area contributed by atoms with Crippen molar-refractivity contribution in [3.8, 4) is 5.75 Å². The van der Waals surface area contributed by atoms with E-state index in [1.807, 2.05) is 25.1 Å². The molecular formula is C10H14ClNO. The minimum Gasteiger partial charge on any atom is -0.492 e. The van der Waals surface area contributed by atoms with Crippen LogP contribution in [0.1, 0.15) is 12.5 Å². The van der Waals surface area contributed by atoms with Crippen LogP contribution in [0.25, 0.3) is 0 Å². The normalized spacial score (nSPS) is 10.1. The highest BCUT2D eigenvalue weighted by molar-refractivity contribution is 6.32. The Morgan fingerprint density at radius 3 is 2.85 bits per heavy atom. The fraction of sp³-hybridized carbons (Fsp3) is 0.400. The van der Waals surface area contributed by atoms with Crippen molar-refractivity contribution in [2.75, 3.05) is 13.2 Å². The van der Waals surface area contributed by atoms with Crippen molar-refractivity contribution in [3.05, 3.63) is 28.8 Å². The van der Waals surface area contributed by atoms with E-state index >= 15 is 0 Å². The zero-order valence-electron chi connectivity index (χ0n) is 7.72. The molecule has 1 aromatic rings. The van der Waals surface area contributed by atoms with Crippen molar-refractivity contribution in [2.24, 2.45) is 5.73 Å². The summed E-state index contributed by atoms with van der Waals surface area (Å²) in [7, 11) is 0. The van der Waals surface area contributed by atoms with Crippen LogP contribution < -0.4 is 10.5 Å². The molecule has 13 heavy (non-hydrogen) atoms. The lowest BCUT2D eigenvalue weighted by Gasteiger charge is -2.07. The first-order valence-corrected chi connectivity index (χ1v) is 4.77. The summed E-state index contributed by atoms with van der Waals surface area (Å²) in [5.74, 6) is 0.745. The maximum atomic E-state index is 5.92. The molecule has 0 unspecified atom stereocenters. The van der Waals surface area contributed by atoms with Gasteiger partial charge in [-0.3, -0.25) is 0 Å². The van der Waals surface area contributed by atoms with Gasteiger partial charge in [0.2, 0.25) is 0 Å². The summed E-state index contributed by atoms with van der Waals surface area (Å²) in [6.07, 6.45) is 0.858. The molecule has 1 rings (SSSR count). The molecule has 2 N–H and O–H groups in total. The maximum Gasteiger partial charge on any atom is 0.138 e. The highest BCUT2D eigenvalue weighted by Crippen LogP contribution is 2.25. The molecule has 0 bridgehead atoms. The van der Waals surface area contributed by atoms with Gasteiger partial charge in [0.25, 0.3) is 0 Å². The van der Waals surface area contributed by atoms with Gasteiger partial charge in [-0.05, 0) is 37.6 Å². The van der Waals surface area contributed by atoms with Crippen LogP contribution in [0.4, 0.5) is 0 Å². The number of benzene rings is 1. The minimum absolute atomic E-state index is 0.631. The number of nitrogens with two attached hydrogens (primary N) is 1. The van der Waals surface area contributed by atoms with Gasteiger partial charge in [-0.1, -0.05) is 17.7 Å². The number of ether oxygens (including phenoxy) is 1. The predicted octanol–water partition coefficient (Wildman–Crippen LogP) is 2.24. The number of rotatable bonds is 4. The molecule has 0 aromatic heterocycles. The lowest BCUT2D eigenvalue weighted by Crippen LogP contribution is -2.03. The Hall–Kier alpha value is -0.730. The fourth-order valence-electron chi connectivity index (χ4n) is 1.14.